The second-order valence-corrected chi connectivity index (χ2v) is 4.40. The Kier molecular flexibility index (Phi) is 2.67. The van der Waals surface area contributed by atoms with Gasteiger partial charge in [-0.05, 0) is 17.0 Å². The Bertz CT molecular complexity index is 364. The molecule has 1 rings (SSSR count). The lowest BCUT2D eigenvalue weighted by Gasteiger charge is -2.20. The van der Waals surface area contributed by atoms with E-state index in [1.54, 1.807) is 0 Å². The Hall–Kier alpha value is -1.26. The van der Waals surface area contributed by atoms with Crippen LogP contribution in [0, 0.1) is 0 Å². The number of pyridine rings is 1. The number of hydrogen-bond acceptors (Lipinski definition) is 2. The first kappa shape index (κ1) is 11.8. The van der Waals surface area contributed by atoms with Gasteiger partial charge >= 0.3 is 6.18 Å². The van der Waals surface area contributed by atoms with E-state index in [9.17, 15) is 13.2 Å². The van der Waals surface area contributed by atoms with Gasteiger partial charge in [-0.25, -0.2) is 4.98 Å². The highest BCUT2D eigenvalue weighted by Gasteiger charge is 2.34. The van der Waals surface area contributed by atoms with Gasteiger partial charge < -0.3 is 5.73 Å². The van der Waals surface area contributed by atoms with Crippen LogP contribution < -0.4 is 5.73 Å². The lowest BCUT2D eigenvalue weighted by molar-refractivity contribution is -0.137. The number of hydrogen-bond donors (Lipinski definition) is 1. The van der Waals surface area contributed by atoms with Crippen LogP contribution in [0.1, 0.15) is 31.9 Å². The maximum atomic E-state index is 12.5. The standard InChI is InChI=1S/C10H13F3N2/c1-9(2,3)6-4-7(10(11,12)13)8(14)15-5-6/h4-5H,1-3H3,(H2,14,15). The van der Waals surface area contributed by atoms with E-state index in [1.807, 2.05) is 20.8 Å². The molecule has 0 saturated carbocycles. The lowest BCUT2D eigenvalue weighted by atomic mass is 9.87. The Labute approximate surface area is 86.3 Å². The molecular weight excluding hydrogens is 205 g/mol. The van der Waals surface area contributed by atoms with Crippen molar-refractivity contribution in [2.75, 3.05) is 5.73 Å². The zero-order valence-electron chi connectivity index (χ0n) is 8.81. The van der Waals surface area contributed by atoms with Crippen LogP contribution >= 0.6 is 0 Å². The van der Waals surface area contributed by atoms with Gasteiger partial charge in [0.25, 0.3) is 0 Å². The van der Waals surface area contributed by atoms with E-state index in [0.717, 1.165) is 6.07 Å². The van der Waals surface area contributed by atoms with E-state index >= 15 is 0 Å². The number of halogens is 3. The zero-order chi connectivity index (χ0) is 11.9. The number of anilines is 1. The van der Waals surface area contributed by atoms with Crippen molar-refractivity contribution in [3.63, 3.8) is 0 Å². The molecule has 0 bridgehead atoms. The summed E-state index contributed by atoms with van der Waals surface area (Å²) in [5.74, 6) is -0.476. The number of alkyl halides is 3. The van der Waals surface area contributed by atoms with Crippen molar-refractivity contribution < 1.29 is 13.2 Å². The largest absolute Gasteiger partial charge is 0.419 e. The van der Waals surface area contributed by atoms with Gasteiger partial charge in [-0.3, -0.25) is 0 Å². The molecule has 1 aromatic rings. The summed E-state index contributed by atoms with van der Waals surface area (Å²) in [6.07, 6.45) is -3.07. The molecule has 0 aliphatic rings. The maximum Gasteiger partial charge on any atom is 0.419 e. The number of nitrogen functional groups attached to an aromatic ring is 1. The molecule has 0 unspecified atom stereocenters. The van der Waals surface area contributed by atoms with Gasteiger partial charge in [0, 0.05) is 6.20 Å². The highest BCUT2D eigenvalue weighted by atomic mass is 19.4. The third-order valence-electron chi connectivity index (χ3n) is 2.09. The number of nitrogens with zero attached hydrogens (tertiary/aromatic N) is 1. The summed E-state index contributed by atoms with van der Waals surface area (Å²) in [4.78, 5) is 3.57. The molecule has 2 N–H and O–H groups in total. The van der Waals surface area contributed by atoms with Crippen LogP contribution in [0.3, 0.4) is 0 Å². The van der Waals surface area contributed by atoms with Crippen LogP contribution in [-0.4, -0.2) is 4.98 Å². The van der Waals surface area contributed by atoms with Crippen molar-refractivity contribution in [1.82, 2.24) is 4.98 Å². The fourth-order valence-electron chi connectivity index (χ4n) is 1.11. The molecule has 0 amide bonds. The summed E-state index contributed by atoms with van der Waals surface area (Å²) in [5, 5.41) is 0. The fourth-order valence-corrected chi connectivity index (χ4v) is 1.11. The van der Waals surface area contributed by atoms with Gasteiger partial charge in [-0.15, -0.1) is 0 Å². The fraction of sp³-hybridized carbons (Fsp3) is 0.500. The monoisotopic (exact) mass is 218 g/mol. The van der Waals surface area contributed by atoms with E-state index in [4.69, 9.17) is 5.73 Å². The van der Waals surface area contributed by atoms with Crippen LogP contribution in [-0.2, 0) is 11.6 Å². The summed E-state index contributed by atoms with van der Waals surface area (Å²) in [7, 11) is 0. The summed E-state index contributed by atoms with van der Waals surface area (Å²) < 4.78 is 37.5. The van der Waals surface area contributed by atoms with Crippen molar-refractivity contribution in [3.05, 3.63) is 23.4 Å². The normalized spacial score (nSPS) is 12.9. The SMILES string of the molecule is CC(C)(C)c1cnc(N)c(C(F)(F)F)c1. The van der Waals surface area contributed by atoms with Crippen LogP contribution in [0.5, 0.6) is 0 Å². The third-order valence-corrected chi connectivity index (χ3v) is 2.09. The van der Waals surface area contributed by atoms with Gasteiger partial charge in [0.1, 0.15) is 5.82 Å². The second-order valence-electron chi connectivity index (χ2n) is 4.40. The first-order chi connectivity index (χ1) is 6.62. The van der Waals surface area contributed by atoms with Crippen molar-refractivity contribution >= 4 is 5.82 Å². The lowest BCUT2D eigenvalue weighted by Crippen LogP contribution is -2.16. The van der Waals surface area contributed by atoms with E-state index < -0.39 is 17.6 Å². The van der Waals surface area contributed by atoms with Crippen LogP contribution in [0.15, 0.2) is 12.3 Å². The van der Waals surface area contributed by atoms with E-state index in [1.165, 1.54) is 6.20 Å². The van der Waals surface area contributed by atoms with Crippen molar-refractivity contribution in [2.45, 2.75) is 32.4 Å². The van der Waals surface area contributed by atoms with Crippen molar-refractivity contribution in [1.29, 1.82) is 0 Å². The molecule has 0 spiro atoms. The maximum absolute atomic E-state index is 12.5. The smallest absolute Gasteiger partial charge is 0.383 e. The summed E-state index contributed by atoms with van der Waals surface area (Å²) >= 11 is 0. The molecule has 1 heterocycles. The van der Waals surface area contributed by atoms with Gasteiger partial charge in [0.2, 0.25) is 0 Å². The van der Waals surface area contributed by atoms with Gasteiger partial charge in [-0.2, -0.15) is 13.2 Å². The Morgan fingerprint density at radius 2 is 1.73 bits per heavy atom. The highest BCUT2D eigenvalue weighted by Crippen LogP contribution is 2.35. The van der Waals surface area contributed by atoms with Crippen molar-refractivity contribution in [2.24, 2.45) is 0 Å². The van der Waals surface area contributed by atoms with Gasteiger partial charge in [0.05, 0.1) is 5.56 Å². The van der Waals surface area contributed by atoms with E-state index in [2.05, 4.69) is 4.98 Å². The van der Waals surface area contributed by atoms with Crippen LogP contribution in [0.4, 0.5) is 19.0 Å². The summed E-state index contributed by atoms with van der Waals surface area (Å²) in [6, 6.07) is 1.06. The number of rotatable bonds is 0. The molecule has 0 radical (unpaired) electrons. The predicted octanol–water partition coefficient (Wildman–Crippen LogP) is 2.98. The van der Waals surface area contributed by atoms with Crippen LogP contribution in [0.2, 0.25) is 0 Å². The summed E-state index contributed by atoms with van der Waals surface area (Å²) in [6.45, 7) is 5.46. The molecule has 0 aliphatic carbocycles. The summed E-state index contributed by atoms with van der Waals surface area (Å²) in [5.41, 5.74) is 4.47. The molecule has 84 valence electrons. The van der Waals surface area contributed by atoms with Gasteiger partial charge in [0.15, 0.2) is 0 Å². The van der Waals surface area contributed by atoms with Gasteiger partial charge in [-0.1, -0.05) is 20.8 Å². The highest BCUT2D eigenvalue weighted by molar-refractivity contribution is 5.44. The molecule has 0 aromatic carbocycles. The number of nitrogens with two attached hydrogens (primary N) is 1. The average molecular weight is 218 g/mol. The molecule has 0 atom stereocenters. The molecule has 15 heavy (non-hydrogen) atoms. The quantitative estimate of drug-likeness (QED) is 0.727. The topological polar surface area (TPSA) is 38.9 Å². The molecule has 0 fully saturated rings. The molecule has 1 aromatic heterocycles. The molecule has 2 nitrogen and oxygen atoms in total. The molecule has 0 aliphatic heterocycles. The van der Waals surface area contributed by atoms with Crippen LogP contribution in [0.25, 0.3) is 0 Å². The molecule has 5 heteroatoms. The number of aromatic nitrogens is 1. The first-order valence-electron chi connectivity index (χ1n) is 4.45. The van der Waals surface area contributed by atoms with E-state index in [-0.39, 0.29) is 5.41 Å². The average Bonchev–Trinajstić information content (AvgIpc) is 2.00. The van der Waals surface area contributed by atoms with Crippen molar-refractivity contribution in [3.8, 4) is 0 Å². The Balaban J connectivity index is 3.30. The van der Waals surface area contributed by atoms with E-state index in [0.29, 0.717) is 5.56 Å². The minimum Gasteiger partial charge on any atom is -0.383 e. The molecular formula is C10H13F3N2. The second kappa shape index (κ2) is 3.40. The molecule has 0 saturated heterocycles. The zero-order valence-corrected chi connectivity index (χ0v) is 8.81. The minimum atomic E-state index is -4.45. The first-order valence-corrected chi connectivity index (χ1v) is 4.45. The third kappa shape index (κ3) is 2.61. The minimum absolute atomic E-state index is 0.374. The Morgan fingerprint density at radius 1 is 1.20 bits per heavy atom. The predicted molar refractivity (Wildman–Crippen MR) is 52.4 cm³/mol. The Morgan fingerprint density at radius 3 is 2.13 bits per heavy atom.